The second-order valence-corrected chi connectivity index (χ2v) is 7.56. The van der Waals surface area contributed by atoms with Crippen molar-refractivity contribution < 1.29 is 38.9 Å². The number of phenols is 2. The highest BCUT2D eigenvalue weighted by atomic mass is 16.5. The van der Waals surface area contributed by atoms with E-state index >= 15 is 0 Å². The van der Waals surface area contributed by atoms with Crippen LogP contribution in [0, 0.1) is 0 Å². The van der Waals surface area contributed by atoms with Gasteiger partial charge in [0.25, 0.3) is 0 Å². The molecule has 0 saturated carbocycles. The number of aromatic hydroxyl groups is 2. The number of rotatable bonds is 14. The Balaban J connectivity index is 3.80. The Morgan fingerprint density at radius 2 is 1.25 bits per heavy atom. The maximum absolute atomic E-state index is 13.0. The predicted octanol–water partition coefficient (Wildman–Crippen LogP) is 5.12. The molecule has 178 valence electrons. The van der Waals surface area contributed by atoms with Crippen LogP contribution in [-0.2, 0) is 9.53 Å². The van der Waals surface area contributed by atoms with Gasteiger partial charge in [-0.1, -0.05) is 40.5 Å². The summed E-state index contributed by atoms with van der Waals surface area (Å²) in [5, 5.41) is 21.2. The van der Waals surface area contributed by atoms with E-state index < -0.39 is 57.4 Å². The zero-order valence-electron chi connectivity index (χ0n) is 19.4. The molecule has 0 amide bonds. The molecule has 8 nitrogen and oxygen atoms in total. The molecule has 1 aromatic carbocycles. The molecule has 0 aliphatic rings. The monoisotopic (exact) mass is 450 g/mol. The maximum Gasteiger partial charge on any atom is 0.339 e. The lowest BCUT2D eigenvalue weighted by Crippen LogP contribution is -2.21. The number of ketones is 2. The van der Waals surface area contributed by atoms with Gasteiger partial charge >= 0.3 is 11.9 Å². The highest BCUT2D eigenvalue weighted by Crippen LogP contribution is 2.45. The summed E-state index contributed by atoms with van der Waals surface area (Å²) in [6, 6.07) is 0. The lowest BCUT2D eigenvalue weighted by Gasteiger charge is -2.19. The largest absolute Gasteiger partial charge is 0.504 e. The summed E-state index contributed by atoms with van der Waals surface area (Å²) in [4.78, 5) is 51.0. The zero-order valence-corrected chi connectivity index (χ0v) is 19.4. The molecule has 1 aromatic rings. The molecule has 0 radical (unpaired) electrons. The number of phenolic OH excluding ortho intramolecular Hbond substituents is 2. The van der Waals surface area contributed by atoms with E-state index in [0.29, 0.717) is 25.7 Å². The molecule has 2 N–H and O–H groups in total. The number of carbonyl (C=O) groups is 4. The Hall–Kier alpha value is -2.90. The SMILES string of the molecule is CCCCCOC(=O)c1c(C(=O)CCC)c(O)c(O)c(OC(=O)CCC)c1C(=O)CCC. The summed E-state index contributed by atoms with van der Waals surface area (Å²) in [5.41, 5.74) is -1.36. The van der Waals surface area contributed by atoms with Gasteiger partial charge in [0.2, 0.25) is 5.75 Å². The van der Waals surface area contributed by atoms with E-state index in [1.807, 2.05) is 6.92 Å². The number of benzene rings is 1. The van der Waals surface area contributed by atoms with Gasteiger partial charge in [-0.15, -0.1) is 0 Å². The van der Waals surface area contributed by atoms with Crippen LogP contribution in [0.2, 0.25) is 0 Å². The number of unbranched alkanes of at least 4 members (excludes halogenated alkanes) is 2. The highest BCUT2D eigenvalue weighted by molar-refractivity contribution is 6.17. The van der Waals surface area contributed by atoms with Crippen molar-refractivity contribution >= 4 is 23.5 Å². The van der Waals surface area contributed by atoms with Gasteiger partial charge in [-0.05, 0) is 25.7 Å². The molecule has 0 fully saturated rings. The summed E-state index contributed by atoms with van der Waals surface area (Å²) in [7, 11) is 0. The smallest absolute Gasteiger partial charge is 0.339 e. The standard InChI is InChI=1S/C24H34O8/c1-5-9-10-14-31-24(30)20-18(15(25)11-6-2)21(28)22(29)23(32-17(27)13-8-4)19(20)16(26)12-7-3/h28-29H,5-14H2,1-4H3. The molecule has 0 spiro atoms. The van der Waals surface area contributed by atoms with E-state index in [2.05, 4.69) is 0 Å². The molecule has 32 heavy (non-hydrogen) atoms. The topological polar surface area (TPSA) is 127 Å². The van der Waals surface area contributed by atoms with Crippen LogP contribution in [0.15, 0.2) is 0 Å². The van der Waals surface area contributed by atoms with Crippen molar-refractivity contribution in [1.29, 1.82) is 0 Å². The van der Waals surface area contributed by atoms with E-state index in [1.54, 1.807) is 20.8 Å². The van der Waals surface area contributed by atoms with Gasteiger partial charge in [-0.2, -0.15) is 0 Å². The Bertz CT molecular complexity index is 841. The molecule has 0 unspecified atom stereocenters. The Labute approximate surface area is 188 Å². The number of esters is 2. The molecule has 0 aliphatic heterocycles. The number of carbonyl (C=O) groups excluding carboxylic acids is 4. The van der Waals surface area contributed by atoms with Gasteiger partial charge in [0.1, 0.15) is 0 Å². The van der Waals surface area contributed by atoms with Crippen molar-refractivity contribution in [2.45, 2.75) is 85.5 Å². The fourth-order valence-electron chi connectivity index (χ4n) is 3.20. The van der Waals surface area contributed by atoms with Crippen molar-refractivity contribution in [3.05, 3.63) is 16.7 Å². The minimum Gasteiger partial charge on any atom is -0.504 e. The first kappa shape index (κ1) is 27.1. The third-order valence-corrected chi connectivity index (χ3v) is 4.77. The Morgan fingerprint density at radius 3 is 1.78 bits per heavy atom. The molecule has 8 heteroatoms. The normalized spacial score (nSPS) is 10.6. The minimum atomic E-state index is -0.983. The third kappa shape index (κ3) is 6.80. The van der Waals surface area contributed by atoms with Crippen molar-refractivity contribution in [3.8, 4) is 17.2 Å². The lowest BCUT2D eigenvalue weighted by atomic mass is 9.90. The predicted molar refractivity (Wildman–Crippen MR) is 119 cm³/mol. The van der Waals surface area contributed by atoms with Crippen molar-refractivity contribution in [2.24, 2.45) is 0 Å². The molecule has 0 heterocycles. The maximum atomic E-state index is 13.0. The number of hydrogen-bond acceptors (Lipinski definition) is 8. The molecule has 0 aromatic heterocycles. The van der Waals surface area contributed by atoms with Crippen LogP contribution in [0.4, 0.5) is 0 Å². The first-order valence-electron chi connectivity index (χ1n) is 11.3. The van der Waals surface area contributed by atoms with Crippen LogP contribution in [-0.4, -0.2) is 40.3 Å². The van der Waals surface area contributed by atoms with Gasteiger partial charge < -0.3 is 19.7 Å². The van der Waals surface area contributed by atoms with Crippen LogP contribution >= 0.6 is 0 Å². The molecular weight excluding hydrogens is 416 g/mol. The zero-order chi connectivity index (χ0) is 24.3. The van der Waals surface area contributed by atoms with Crippen LogP contribution in [0.25, 0.3) is 0 Å². The van der Waals surface area contributed by atoms with E-state index in [1.165, 1.54) is 0 Å². The van der Waals surface area contributed by atoms with Gasteiger partial charge in [0.15, 0.2) is 23.1 Å². The van der Waals surface area contributed by atoms with Crippen molar-refractivity contribution in [2.75, 3.05) is 6.61 Å². The fourth-order valence-corrected chi connectivity index (χ4v) is 3.20. The second-order valence-electron chi connectivity index (χ2n) is 7.56. The van der Waals surface area contributed by atoms with Crippen molar-refractivity contribution in [3.63, 3.8) is 0 Å². The van der Waals surface area contributed by atoms with E-state index in [-0.39, 0.29) is 25.9 Å². The fraction of sp³-hybridized carbons (Fsp3) is 0.583. The quantitative estimate of drug-likeness (QED) is 0.131. The Morgan fingerprint density at radius 1 is 0.688 bits per heavy atom. The molecule has 0 saturated heterocycles. The first-order valence-corrected chi connectivity index (χ1v) is 11.3. The van der Waals surface area contributed by atoms with Crippen LogP contribution < -0.4 is 4.74 Å². The van der Waals surface area contributed by atoms with Crippen LogP contribution in [0.3, 0.4) is 0 Å². The Kier molecular flexibility index (Phi) is 11.4. The summed E-state index contributed by atoms with van der Waals surface area (Å²) in [6.45, 7) is 7.27. The summed E-state index contributed by atoms with van der Waals surface area (Å²) in [6.07, 6.45) is 3.51. The first-order chi connectivity index (χ1) is 15.2. The highest BCUT2D eigenvalue weighted by Gasteiger charge is 2.36. The summed E-state index contributed by atoms with van der Waals surface area (Å²) < 4.78 is 10.5. The molecule has 0 bridgehead atoms. The average Bonchev–Trinajstić information content (AvgIpc) is 2.74. The van der Waals surface area contributed by atoms with Gasteiger partial charge in [-0.25, -0.2) is 4.79 Å². The lowest BCUT2D eigenvalue weighted by molar-refractivity contribution is -0.134. The minimum absolute atomic E-state index is 0.00504. The van der Waals surface area contributed by atoms with Crippen LogP contribution in [0.5, 0.6) is 17.2 Å². The molecule has 0 aliphatic carbocycles. The van der Waals surface area contributed by atoms with Gasteiger partial charge in [-0.3, -0.25) is 14.4 Å². The second kappa shape index (κ2) is 13.5. The molecule has 0 atom stereocenters. The molecular formula is C24H34O8. The van der Waals surface area contributed by atoms with Gasteiger partial charge in [0.05, 0.1) is 23.3 Å². The third-order valence-electron chi connectivity index (χ3n) is 4.77. The van der Waals surface area contributed by atoms with Gasteiger partial charge in [0, 0.05) is 19.3 Å². The number of hydrogen-bond donors (Lipinski definition) is 2. The van der Waals surface area contributed by atoms with E-state index in [9.17, 15) is 29.4 Å². The summed E-state index contributed by atoms with van der Waals surface area (Å²) in [5.74, 6) is -5.41. The molecule has 1 rings (SSSR count). The summed E-state index contributed by atoms with van der Waals surface area (Å²) >= 11 is 0. The number of Topliss-reactive ketones (excluding diaryl/α,β-unsaturated/α-hetero) is 2. The average molecular weight is 451 g/mol. The van der Waals surface area contributed by atoms with E-state index in [4.69, 9.17) is 9.47 Å². The number of ether oxygens (including phenoxy) is 2. The van der Waals surface area contributed by atoms with E-state index in [0.717, 1.165) is 12.8 Å². The van der Waals surface area contributed by atoms with Crippen molar-refractivity contribution in [1.82, 2.24) is 0 Å². The van der Waals surface area contributed by atoms with Crippen LogP contribution in [0.1, 0.15) is 117 Å².